The molecule has 2 aromatic heterocycles. The first-order valence-corrected chi connectivity index (χ1v) is 10.1. The molecule has 0 aliphatic heterocycles. The lowest BCUT2D eigenvalue weighted by atomic mass is 10.1. The average Bonchev–Trinajstić information content (AvgIpc) is 3.35. The van der Waals surface area contributed by atoms with Gasteiger partial charge in [-0.3, -0.25) is 0 Å². The van der Waals surface area contributed by atoms with Gasteiger partial charge in [-0.2, -0.15) is 0 Å². The van der Waals surface area contributed by atoms with Gasteiger partial charge in [0, 0.05) is 36.4 Å². The Morgan fingerprint density at radius 1 is 1.07 bits per heavy atom. The maximum atomic E-state index is 14.4. The maximum Gasteiger partial charge on any atom is 0.190 e. The summed E-state index contributed by atoms with van der Waals surface area (Å²) in [5.41, 5.74) is 3.52. The fraction of sp³-hybridized carbons (Fsp3) is 0.182. The molecule has 142 valence electrons. The molecule has 0 radical (unpaired) electrons. The number of para-hydroxylation sites is 1. The summed E-state index contributed by atoms with van der Waals surface area (Å²) in [7, 11) is 0. The van der Waals surface area contributed by atoms with E-state index in [-0.39, 0.29) is 5.82 Å². The Balaban J connectivity index is 1.73. The minimum Gasteiger partial charge on any atom is -0.337 e. The van der Waals surface area contributed by atoms with E-state index in [2.05, 4.69) is 9.55 Å². The fourth-order valence-corrected chi connectivity index (χ4v) is 4.08. The van der Waals surface area contributed by atoms with Crippen LogP contribution in [0.4, 0.5) is 10.1 Å². The van der Waals surface area contributed by atoms with Gasteiger partial charge in [0.2, 0.25) is 0 Å². The second-order valence-corrected chi connectivity index (χ2v) is 7.42. The number of hydrogen-bond donors (Lipinski definition) is 0. The molecule has 0 saturated carbocycles. The predicted molar refractivity (Wildman–Crippen MR) is 111 cm³/mol. The number of nitrogens with zero attached hydrogens (tertiary/aromatic N) is 4. The van der Waals surface area contributed by atoms with Crippen LogP contribution in [0.15, 0.2) is 77.6 Å². The Labute approximate surface area is 167 Å². The number of aromatic nitrogens is 3. The van der Waals surface area contributed by atoms with Crippen molar-refractivity contribution >= 4 is 17.0 Å². The molecule has 0 bridgehead atoms. The molecule has 4 rings (SSSR count). The highest BCUT2D eigenvalue weighted by Gasteiger charge is 2.12. The summed E-state index contributed by atoms with van der Waals surface area (Å²) in [6.45, 7) is 3.65. The highest BCUT2D eigenvalue weighted by atomic mass is 32.1. The number of aryl methyl sites for hydroxylation is 2. The first-order chi connectivity index (χ1) is 13.7. The van der Waals surface area contributed by atoms with Gasteiger partial charge in [-0.05, 0) is 37.1 Å². The molecular weight excluding hydrogens is 371 g/mol. The molecule has 0 amide bonds. The van der Waals surface area contributed by atoms with E-state index in [0.717, 1.165) is 41.3 Å². The molecule has 0 aliphatic carbocycles. The average molecular weight is 393 g/mol. The molecule has 0 aliphatic rings. The second-order valence-electron chi connectivity index (χ2n) is 6.59. The van der Waals surface area contributed by atoms with Crippen LogP contribution in [0.1, 0.15) is 12.0 Å². The van der Waals surface area contributed by atoms with Crippen molar-refractivity contribution in [2.75, 3.05) is 0 Å². The largest absolute Gasteiger partial charge is 0.337 e. The van der Waals surface area contributed by atoms with E-state index < -0.39 is 0 Å². The highest BCUT2D eigenvalue weighted by Crippen LogP contribution is 2.24. The van der Waals surface area contributed by atoms with Crippen LogP contribution in [0.25, 0.3) is 11.3 Å². The van der Waals surface area contributed by atoms with Crippen LogP contribution in [0.2, 0.25) is 0 Å². The lowest BCUT2D eigenvalue weighted by Gasteiger charge is -2.10. The van der Waals surface area contributed by atoms with Crippen LogP contribution < -0.4 is 4.80 Å². The summed E-state index contributed by atoms with van der Waals surface area (Å²) in [6.07, 6.45) is 6.44. The first-order valence-electron chi connectivity index (χ1n) is 9.22. The Hall–Kier alpha value is -2.99. The zero-order valence-electron chi connectivity index (χ0n) is 15.6. The molecular formula is C22H21FN4S. The van der Waals surface area contributed by atoms with Crippen molar-refractivity contribution in [1.29, 1.82) is 0 Å². The monoisotopic (exact) mass is 392 g/mol. The number of halogens is 1. The molecule has 2 heterocycles. The van der Waals surface area contributed by atoms with E-state index in [9.17, 15) is 4.39 Å². The number of hydrogen-bond acceptors (Lipinski definition) is 3. The number of imidazole rings is 1. The Bertz CT molecular complexity index is 1130. The molecule has 28 heavy (non-hydrogen) atoms. The van der Waals surface area contributed by atoms with Crippen LogP contribution in [0, 0.1) is 12.7 Å². The SMILES string of the molecule is Cc1ccccc1N=c1scc(-c2ccccc2F)n1CCCn1ccnc1. The van der Waals surface area contributed by atoms with Crippen molar-refractivity contribution in [2.24, 2.45) is 4.99 Å². The summed E-state index contributed by atoms with van der Waals surface area (Å²) >= 11 is 1.54. The smallest absolute Gasteiger partial charge is 0.190 e. The van der Waals surface area contributed by atoms with Crippen LogP contribution in [-0.2, 0) is 13.1 Å². The van der Waals surface area contributed by atoms with Crippen molar-refractivity contribution in [3.05, 3.63) is 88.8 Å². The van der Waals surface area contributed by atoms with E-state index in [4.69, 9.17) is 4.99 Å². The Morgan fingerprint density at radius 2 is 1.89 bits per heavy atom. The van der Waals surface area contributed by atoms with Gasteiger partial charge in [0.1, 0.15) is 5.82 Å². The van der Waals surface area contributed by atoms with Gasteiger partial charge in [-0.1, -0.05) is 30.3 Å². The van der Waals surface area contributed by atoms with Crippen molar-refractivity contribution in [3.8, 4) is 11.3 Å². The molecule has 0 spiro atoms. The predicted octanol–water partition coefficient (Wildman–Crippen LogP) is 5.18. The molecule has 0 fully saturated rings. The Morgan fingerprint density at radius 3 is 2.68 bits per heavy atom. The number of rotatable bonds is 6. The second kappa shape index (κ2) is 8.35. The van der Waals surface area contributed by atoms with E-state index >= 15 is 0 Å². The maximum absolute atomic E-state index is 14.4. The highest BCUT2D eigenvalue weighted by molar-refractivity contribution is 7.07. The molecule has 2 aromatic carbocycles. The van der Waals surface area contributed by atoms with Gasteiger partial charge in [0.05, 0.1) is 17.7 Å². The van der Waals surface area contributed by atoms with Crippen LogP contribution >= 0.6 is 11.3 Å². The lowest BCUT2D eigenvalue weighted by Crippen LogP contribution is -2.17. The van der Waals surface area contributed by atoms with Crippen LogP contribution in [0.3, 0.4) is 0 Å². The van der Waals surface area contributed by atoms with Crippen molar-refractivity contribution < 1.29 is 4.39 Å². The third-order valence-electron chi connectivity index (χ3n) is 4.64. The van der Waals surface area contributed by atoms with E-state index in [1.54, 1.807) is 23.6 Å². The van der Waals surface area contributed by atoms with E-state index in [1.165, 1.54) is 6.07 Å². The van der Waals surface area contributed by atoms with Gasteiger partial charge in [0.15, 0.2) is 4.80 Å². The van der Waals surface area contributed by atoms with Gasteiger partial charge >= 0.3 is 0 Å². The molecule has 4 aromatic rings. The van der Waals surface area contributed by atoms with Gasteiger partial charge < -0.3 is 9.13 Å². The molecule has 0 atom stereocenters. The minimum atomic E-state index is -0.217. The van der Waals surface area contributed by atoms with E-state index in [0.29, 0.717) is 5.56 Å². The minimum absolute atomic E-state index is 0.217. The third kappa shape index (κ3) is 3.97. The van der Waals surface area contributed by atoms with E-state index in [1.807, 2.05) is 65.8 Å². The lowest BCUT2D eigenvalue weighted by molar-refractivity contribution is 0.557. The summed E-state index contributed by atoms with van der Waals surface area (Å²) in [4.78, 5) is 9.83. The number of benzene rings is 2. The Kier molecular flexibility index (Phi) is 5.48. The van der Waals surface area contributed by atoms with Crippen molar-refractivity contribution in [3.63, 3.8) is 0 Å². The summed E-state index contributed by atoms with van der Waals surface area (Å²) in [5.74, 6) is -0.217. The summed E-state index contributed by atoms with van der Waals surface area (Å²) < 4.78 is 18.6. The molecule has 6 heteroatoms. The van der Waals surface area contributed by atoms with Crippen molar-refractivity contribution in [1.82, 2.24) is 14.1 Å². The van der Waals surface area contributed by atoms with Crippen molar-refractivity contribution in [2.45, 2.75) is 26.4 Å². The van der Waals surface area contributed by atoms with Gasteiger partial charge in [0.25, 0.3) is 0 Å². The standard InChI is InChI=1S/C22H21FN4S/c1-17-7-2-5-10-20(17)25-22-27(13-6-12-26-14-11-24-16-26)21(15-28-22)18-8-3-4-9-19(18)23/h2-5,7-11,14-16H,6,12-13H2,1H3. The molecule has 4 nitrogen and oxygen atoms in total. The van der Waals surface area contributed by atoms with Gasteiger partial charge in [-0.25, -0.2) is 14.4 Å². The van der Waals surface area contributed by atoms with Gasteiger partial charge in [-0.15, -0.1) is 11.3 Å². The first kappa shape index (κ1) is 18.4. The molecule has 0 unspecified atom stereocenters. The topological polar surface area (TPSA) is 35.1 Å². The zero-order valence-corrected chi connectivity index (χ0v) is 16.4. The molecule has 0 saturated heterocycles. The zero-order chi connectivity index (χ0) is 19.3. The summed E-state index contributed by atoms with van der Waals surface area (Å²) in [6, 6.07) is 15.0. The molecule has 0 N–H and O–H groups in total. The quantitative estimate of drug-likeness (QED) is 0.445. The van der Waals surface area contributed by atoms with Crippen LogP contribution in [-0.4, -0.2) is 14.1 Å². The third-order valence-corrected chi connectivity index (χ3v) is 5.50. The fourth-order valence-electron chi connectivity index (χ4n) is 3.14. The van der Waals surface area contributed by atoms with Crippen LogP contribution in [0.5, 0.6) is 0 Å². The normalized spacial score (nSPS) is 11.9. The summed E-state index contributed by atoms with van der Waals surface area (Å²) in [5, 5.41) is 1.99. The number of thiazole rings is 1.